The zero-order valence-corrected chi connectivity index (χ0v) is 12.9. The molecular formula is C14H11BrN2OS. The van der Waals surface area contributed by atoms with Crippen LogP contribution < -0.4 is 4.74 Å². The van der Waals surface area contributed by atoms with Crippen molar-refractivity contribution < 1.29 is 4.74 Å². The smallest absolute Gasteiger partial charge is 0.242 e. The molecule has 1 aromatic carbocycles. The molecule has 4 rings (SSSR count). The molecule has 1 aromatic heterocycles. The van der Waals surface area contributed by atoms with E-state index in [4.69, 9.17) is 4.74 Å². The molecule has 5 heteroatoms. The molecular weight excluding hydrogens is 324 g/mol. The van der Waals surface area contributed by atoms with Crippen molar-refractivity contribution in [3.05, 3.63) is 45.2 Å². The van der Waals surface area contributed by atoms with E-state index in [1.165, 1.54) is 16.2 Å². The van der Waals surface area contributed by atoms with E-state index >= 15 is 0 Å². The average molecular weight is 335 g/mol. The number of halogens is 1. The third-order valence-electron chi connectivity index (χ3n) is 3.64. The molecule has 1 unspecified atom stereocenters. The van der Waals surface area contributed by atoms with Crippen LogP contribution in [0.1, 0.15) is 30.4 Å². The molecule has 19 heavy (non-hydrogen) atoms. The molecule has 3 heterocycles. The van der Waals surface area contributed by atoms with Gasteiger partial charge in [-0.15, -0.1) is 11.8 Å². The summed E-state index contributed by atoms with van der Waals surface area (Å²) in [7, 11) is 0. The van der Waals surface area contributed by atoms with E-state index in [9.17, 15) is 0 Å². The molecule has 2 aromatic rings. The topological polar surface area (TPSA) is 27.1 Å². The summed E-state index contributed by atoms with van der Waals surface area (Å²) in [6, 6.07) is 6.14. The van der Waals surface area contributed by atoms with Crippen LogP contribution in [-0.2, 0) is 0 Å². The predicted molar refractivity (Wildman–Crippen MR) is 80.4 cm³/mol. The summed E-state index contributed by atoms with van der Waals surface area (Å²) in [5, 5.41) is 0.266. The first kappa shape index (κ1) is 11.6. The van der Waals surface area contributed by atoms with E-state index in [0.717, 1.165) is 21.8 Å². The number of benzene rings is 1. The van der Waals surface area contributed by atoms with Gasteiger partial charge in [0.25, 0.3) is 0 Å². The van der Waals surface area contributed by atoms with Crippen LogP contribution in [0.3, 0.4) is 0 Å². The Hall–Kier alpha value is -1.20. The maximum absolute atomic E-state index is 5.91. The number of hydrogen-bond acceptors (Lipinski definition) is 3. The van der Waals surface area contributed by atoms with Crippen molar-refractivity contribution in [2.45, 2.75) is 19.1 Å². The molecule has 96 valence electrons. The van der Waals surface area contributed by atoms with E-state index in [2.05, 4.69) is 45.4 Å². The Bertz CT molecular complexity index is 735. The van der Waals surface area contributed by atoms with Crippen molar-refractivity contribution in [2.24, 2.45) is 0 Å². The highest BCUT2D eigenvalue weighted by molar-refractivity contribution is 9.10. The van der Waals surface area contributed by atoms with Crippen LogP contribution in [0.5, 0.6) is 11.6 Å². The Balaban J connectivity index is 1.99. The third-order valence-corrected chi connectivity index (χ3v) is 5.50. The van der Waals surface area contributed by atoms with Gasteiger partial charge in [-0.1, -0.05) is 15.9 Å². The maximum Gasteiger partial charge on any atom is 0.242 e. The minimum atomic E-state index is 0.266. The number of hydrogen-bond donors (Lipinski definition) is 0. The minimum Gasteiger partial charge on any atom is -0.437 e. The van der Waals surface area contributed by atoms with Gasteiger partial charge in [-0.2, -0.15) is 0 Å². The van der Waals surface area contributed by atoms with Crippen molar-refractivity contribution in [2.75, 3.05) is 0 Å². The molecule has 0 amide bonds. The van der Waals surface area contributed by atoms with Gasteiger partial charge in [0.2, 0.25) is 5.88 Å². The number of imidazole rings is 1. The SMILES string of the molecule is CC1=C(C)n2cnc3c2C(S1)c1cc(Br)ccc1O3. The summed E-state index contributed by atoms with van der Waals surface area (Å²) in [5.74, 6) is 1.64. The standard InChI is InChI=1S/C14H11BrN2OS/c1-7-8(2)19-13-10-5-9(15)3-4-11(10)18-14-12(13)17(7)6-16-14/h3-6,13H,1-2H3. The number of nitrogens with zero attached hydrogens (tertiary/aromatic N) is 2. The van der Waals surface area contributed by atoms with Gasteiger partial charge in [-0.05, 0) is 32.0 Å². The normalized spacial score (nSPS) is 19.8. The second-order valence-electron chi connectivity index (χ2n) is 4.73. The number of thioether (sulfide) groups is 1. The van der Waals surface area contributed by atoms with Gasteiger partial charge in [0.05, 0.1) is 5.25 Å². The molecule has 3 nitrogen and oxygen atoms in total. The summed E-state index contributed by atoms with van der Waals surface area (Å²) in [6.07, 6.45) is 1.86. The molecule has 0 aliphatic carbocycles. The molecule has 2 aliphatic rings. The molecule has 0 saturated heterocycles. The Labute approximate surface area is 123 Å². The van der Waals surface area contributed by atoms with E-state index in [1.54, 1.807) is 0 Å². The van der Waals surface area contributed by atoms with Gasteiger partial charge < -0.3 is 9.30 Å². The number of aromatic nitrogens is 2. The second-order valence-corrected chi connectivity index (χ2v) is 6.96. The molecule has 0 spiro atoms. The predicted octanol–water partition coefficient (Wildman–Crippen LogP) is 4.80. The van der Waals surface area contributed by atoms with Gasteiger partial charge in [-0.25, -0.2) is 4.98 Å². The number of allylic oxidation sites excluding steroid dienone is 2. The maximum atomic E-state index is 5.91. The number of ether oxygens (including phenoxy) is 1. The second kappa shape index (κ2) is 3.90. The van der Waals surface area contributed by atoms with E-state index in [-0.39, 0.29) is 5.25 Å². The third kappa shape index (κ3) is 1.55. The van der Waals surface area contributed by atoms with Crippen LogP contribution >= 0.6 is 27.7 Å². The molecule has 2 aliphatic heterocycles. The van der Waals surface area contributed by atoms with Gasteiger partial charge in [0.15, 0.2) is 0 Å². The Morgan fingerprint density at radius 3 is 3.05 bits per heavy atom. The lowest BCUT2D eigenvalue weighted by molar-refractivity contribution is 0.441. The summed E-state index contributed by atoms with van der Waals surface area (Å²) < 4.78 is 9.14. The molecule has 0 fully saturated rings. The van der Waals surface area contributed by atoms with Crippen LogP contribution in [0.25, 0.3) is 5.70 Å². The number of rotatable bonds is 0. The highest BCUT2D eigenvalue weighted by atomic mass is 79.9. The molecule has 0 radical (unpaired) electrons. The van der Waals surface area contributed by atoms with Crippen LogP contribution in [-0.4, -0.2) is 9.55 Å². The Kier molecular flexibility index (Phi) is 2.38. The van der Waals surface area contributed by atoms with E-state index in [1.807, 2.05) is 30.2 Å². The lowest BCUT2D eigenvalue weighted by Crippen LogP contribution is -2.15. The lowest BCUT2D eigenvalue weighted by atomic mass is 10.1. The molecule has 0 bridgehead atoms. The van der Waals surface area contributed by atoms with Crippen molar-refractivity contribution in [3.63, 3.8) is 0 Å². The highest BCUT2D eigenvalue weighted by Crippen LogP contribution is 2.54. The van der Waals surface area contributed by atoms with Crippen LogP contribution in [0, 0.1) is 0 Å². The molecule has 0 N–H and O–H groups in total. The van der Waals surface area contributed by atoms with Crippen LogP contribution in [0.15, 0.2) is 33.9 Å². The van der Waals surface area contributed by atoms with Crippen LogP contribution in [0.2, 0.25) is 0 Å². The number of fused-ring (bicyclic) bond motifs is 2. The first-order chi connectivity index (χ1) is 9.15. The monoisotopic (exact) mass is 334 g/mol. The van der Waals surface area contributed by atoms with Gasteiger partial charge in [-0.3, -0.25) is 0 Å². The van der Waals surface area contributed by atoms with E-state index in [0.29, 0.717) is 0 Å². The van der Waals surface area contributed by atoms with Crippen molar-refractivity contribution in [1.82, 2.24) is 9.55 Å². The van der Waals surface area contributed by atoms with Gasteiger partial charge in [0, 0.05) is 20.6 Å². The first-order valence-corrected chi connectivity index (χ1v) is 7.71. The summed E-state index contributed by atoms with van der Waals surface area (Å²) in [5.41, 5.74) is 3.59. The molecule has 1 atom stereocenters. The quantitative estimate of drug-likeness (QED) is 0.692. The largest absolute Gasteiger partial charge is 0.437 e. The average Bonchev–Trinajstić information content (AvgIpc) is 2.81. The van der Waals surface area contributed by atoms with E-state index < -0.39 is 0 Å². The molecule has 0 saturated carbocycles. The van der Waals surface area contributed by atoms with Crippen molar-refractivity contribution in [3.8, 4) is 11.6 Å². The van der Waals surface area contributed by atoms with Crippen LogP contribution in [0.4, 0.5) is 0 Å². The fourth-order valence-electron chi connectivity index (χ4n) is 2.55. The summed E-state index contributed by atoms with van der Waals surface area (Å²) in [6.45, 7) is 4.28. The van der Waals surface area contributed by atoms with Crippen molar-refractivity contribution in [1.29, 1.82) is 0 Å². The fourth-order valence-corrected chi connectivity index (χ4v) is 4.18. The van der Waals surface area contributed by atoms with Crippen molar-refractivity contribution >= 4 is 33.4 Å². The summed E-state index contributed by atoms with van der Waals surface area (Å²) in [4.78, 5) is 5.73. The summed E-state index contributed by atoms with van der Waals surface area (Å²) >= 11 is 5.42. The Morgan fingerprint density at radius 2 is 2.21 bits per heavy atom. The zero-order valence-electron chi connectivity index (χ0n) is 10.5. The lowest BCUT2D eigenvalue weighted by Gasteiger charge is -2.30. The highest BCUT2D eigenvalue weighted by Gasteiger charge is 2.35. The van der Waals surface area contributed by atoms with Gasteiger partial charge >= 0.3 is 0 Å². The first-order valence-electron chi connectivity index (χ1n) is 6.04. The minimum absolute atomic E-state index is 0.266. The fraction of sp³-hybridized carbons (Fsp3) is 0.214. The Morgan fingerprint density at radius 1 is 1.37 bits per heavy atom. The zero-order chi connectivity index (χ0) is 13.1. The van der Waals surface area contributed by atoms with Gasteiger partial charge in [0.1, 0.15) is 17.8 Å².